The van der Waals surface area contributed by atoms with Gasteiger partial charge >= 0.3 is 0 Å². The van der Waals surface area contributed by atoms with Gasteiger partial charge in [-0.3, -0.25) is 0 Å². The van der Waals surface area contributed by atoms with Crippen LogP contribution in [0.1, 0.15) is 43.8 Å². The Labute approximate surface area is 142 Å². The van der Waals surface area contributed by atoms with Crippen molar-refractivity contribution < 1.29 is 4.74 Å². The van der Waals surface area contributed by atoms with Gasteiger partial charge in [-0.1, -0.05) is 6.42 Å². The summed E-state index contributed by atoms with van der Waals surface area (Å²) >= 11 is 0. The molecule has 1 atom stereocenters. The van der Waals surface area contributed by atoms with E-state index in [2.05, 4.69) is 25.6 Å². The van der Waals surface area contributed by atoms with Gasteiger partial charge in [0.1, 0.15) is 18.0 Å². The lowest BCUT2D eigenvalue weighted by molar-refractivity contribution is 0.270. The van der Waals surface area contributed by atoms with E-state index < -0.39 is 0 Å². The first kappa shape index (κ1) is 15.4. The molecule has 6 heteroatoms. The molecule has 1 saturated carbocycles. The molecule has 0 amide bonds. The van der Waals surface area contributed by atoms with Crippen molar-refractivity contribution in [3.05, 3.63) is 30.6 Å². The van der Waals surface area contributed by atoms with Gasteiger partial charge in [0.05, 0.1) is 7.11 Å². The number of rotatable bonds is 5. The highest BCUT2D eigenvalue weighted by atomic mass is 16.5. The van der Waals surface area contributed by atoms with E-state index in [-0.39, 0.29) is 0 Å². The number of hydrogen-bond donors (Lipinski definition) is 0. The average Bonchev–Trinajstić information content (AvgIpc) is 3.07. The van der Waals surface area contributed by atoms with Crippen molar-refractivity contribution in [3.63, 3.8) is 0 Å². The van der Waals surface area contributed by atoms with Gasteiger partial charge in [-0.2, -0.15) is 0 Å². The second-order valence-electron chi connectivity index (χ2n) is 6.94. The molecule has 24 heavy (non-hydrogen) atoms. The first-order valence-corrected chi connectivity index (χ1v) is 8.95. The summed E-state index contributed by atoms with van der Waals surface area (Å²) in [5.74, 6) is 4.13. The van der Waals surface area contributed by atoms with Crippen LogP contribution in [0.25, 0.3) is 0 Å². The van der Waals surface area contributed by atoms with Crippen LogP contribution >= 0.6 is 0 Å². The van der Waals surface area contributed by atoms with Gasteiger partial charge < -0.3 is 14.2 Å². The van der Waals surface area contributed by atoms with Crippen molar-refractivity contribution in [2.45, 2.75) is 44.6 Å². The molecule has 1 unspecified atom stereocenters. The molecule has 3 heterocycles. The van der Waals surface area contributed by atoms with Crippen molar-refractivity contribution in [2.75, 3.05) is 25.1 Å². The molecule has 128 valence electrons. The van der Waals surface area contributed by atoms with E-state index in [1.54, 1.807) is 13.4 Å². The first-order valence-electron chi connectivity index (χ1n) is 8.95. The Morgan fingerprint density at radius 3 is 2.88 bits per heavy atom. The predicted octanol–water partition coefficient (Wildman–Crippen LogP) is 2.87. The van der Waals surface area contributed by atoms with Crippen molar-refractivity contribution in [1.29, 1.82) is 0 Å². The van der Waals surface area contributed by atoms with E-state index in [0.29, 0.717) is 11.8 Å². The largest absolute Gasteiger partial charge is 0.481 e. The fourth-order valence-corrected chi connectivity index (χ4v) is 3.80. The summed E-state index contributed by atoms with van der Waals surface area (Å²) in [6.45, 7) is 3.12. The highest BCUT2D eigenvalue weighted by molar-refractivity contribution is 5.41. The molecule has 2 aromatic heterocycles. The molecule has 2 aromatic rings. The zero-order valence-corrected chi connectivity index (χ0v) is 14.3. The normalized spacial score (nSPS) is 21.5. The second kappa shape index (κ2) is 6.79. The third-order valence-corrected chi connectivity index (χ3v) is 5.37. The maximum absolute atomic E-state index is 5.23. The van der Waals surface area contributed by atoms with Gasteiger partial charge in [0, 0.05) is 44.0 Å². The van der Waals surface area contributed by atoms with Gasteiger partial charge in [0.25, 0.3) is 0 Å². The molecule has 6 nitrogen and oxygen atoms in total. The van der Waals surface area contributed by atoms with Gasteiger partial charge in [-0.25, -0.2) is 15.0 Å². The lowest BCUT2D eigenvalue weighted by Gasteiger charge is -2.34. The lowest BCUT2D eigenvalue weighted by Crippen LogP contribution is -2.36. The number of hydrogen-bond acceptors (Lipinski definition) is 5. The van der Waals surface area contributed by atoms with E-state index >= 15 is 0 Å². The maximum atomic E-state index is 5.23. The first-order chi connectivity index (χ1) is 11.8. The summed E-state index contributed by atoms with van der Waals surface area (Å²) in [5, 5.41) is 0. The van der Waals surface area contributed by atoms with Crippen LogP contribution < -0.4 is 9.64 Å². The topological polar surface area (TPSA) is 56.1 Å². The molecule has 2 fully saturated rings. The molecule has 4 rings (SSSR count). The second-order valence-corrected chi connectivity index (χ2v) is 6.94. The molecule has 0 spiro atoms. The Morgan fingerprint density at radius 2 is 2.08 bits per heavy atom. The number of ether oxygens (including phenoxy) is 1. The Bertz CT molecular complexity index is 682. The molecular weight excluding hydrogens is 302 g/mol. The van der Waals surface area contributed by atoms with Crippen LogP contribution in [-0.4, -0.2) is 39.7 Å². The molecule has 0 bridgehead atoms. The minimum absolute atomic E-state index is 0.467. The van der Waals surface area contributed by atoms with E-state index in [9.17, 15) is 0 Å². The molecule has 1 aliphatic heterocycles. The highest BCUT2D eigenvalue weighted by Crippen LogP contribution is 2.32. The Kier molecular flexibility index (Phi) is 4.36. The van der Waals surface area contributed by atoms with Crippen LogP contribution in [0.4, 0.5) is 5.82 Å². The third-order valence-electron chi connectivity index (χ3n) is 5.37. The van der Waals surface area contributed by atoms with Gasteiger partial charge in [-0.15, -0.1) is 0 Å². The fourth-order valence-electron chi connectivity index (χ4n) is 3.80. The maximum Gasteiger partial charge on any atom is 0.218 e. The lowest BCUT2D eigenvalue weighted by atomic mass is 9.85. The summed E-state index contributed by atoms with van der Waals surface area (Å²) < 4.78 is 7.62. The quantitative estimate of drug-likeness (QED) is 0.845. The summed E-state index contributed by atoms with van der Waals surface area (Å²) in [6.07, 6.45) is 12.2. The number of imidazole rings is 1. The molecule has 0 aromatic carbocycles. The van der Waals surface area contributed by atoms with Crippen LogP contribution in [0.2, 0.25) is 0 Å². The highest BCUT2D eigenvalue weighted by Gasteiger charge is 2.27. The summed E-state index contributed by atoms with van der Waals surface area (Å²) in [4.78, 5) is 15.6. The minimum atomic E-state index is 0.467. The minimum Gasteiger partial charge on any atom is -0.481 e. The monoisotopic (exact) mass is 327 g/mol. The van der Waals surface area contributed by atoms with Crippen LogP contribution in [0.3, 0.4) is 0 Å². The smallest absolute Gasteiger partial charge is 0.218 e. The summed E-state index contributed by atoms with van der Waals surface area (Å²) in [6, 6.07) is 1.92. The number of anilines is 1. The summed E-state index contributed by atoms with van der Waals surface area (Å²) in [7, 11) is 1.64. The van der Waals surface area contributed by atoms with Crippen LogP contribution in [0, 0.1) is 5.92 Å². The average molecular weight is 327 g/mol. The van der Waals surface area contributed by atoms with E-state index in [1.165, 1.54) is 31.5 Å². The standard InChI is InChI=1S/C18H25N5O/c1-24-17-10-16(20-13-21-17)22-8-3-6-15(12-22)18-19-7-9-23(18)11-14-4-2-5-14/h7,9-10,13-15H,2-6,8,11-12H2,1H3. The van der Waals surface area contributed by atoms with Crippen molar-refractivity contribution in [2.24, 2.45) is 5.92 Å². The van der Waals surface area contributed by atoms with E-state index in [1.807, 2.05) is 12.3 Å². The zero-order valence-electron chi connectivity index (χ0n) is 14.3. The number of aromatic nitrogens is 4. The molecule has 0 N–H and O–H groups in total. The third kappa shape index (κ3) is 3.09. The Morgan fingerprint density at radius 1 is 1.17 bits per heavy atom. The number of nitrogens with zero attached hydrogens (tertiary/aromatic N) is 5. The van der Waals surface area contributed by atoms with Gasteiger partial charge in [0.2, 0.25) is 5.88 Å². The van der Waals surface area contributed by atoms with Crippen molar-refractivity contribution in [3.8, 4) is 5.88 Å². The van der Waals surface area contributed by atoms with E-state index in [4.69, 9.17) is 9.72 Å². The van der Waals surface area contributed by atoms with Gasteiger partial charge in [-0.05, 0) is 31.6 Å². The molecular formula is C18H25N5O. The summed E-state index contributed by atoms with van der Waals surface area (Å²) in [5.41, 5.74) is 0. The van der Waals surface area contributed by atoms with E-state index in [0.717, 1.165) is 37.8 Å². The molecule has 1 saturated heterocycles. The fraction of sp³-hybridized carbons (Fsp3) is 0.611. The predicted molar refractivity (Wildman–Crippen MR) is 92.3 cm³/mol. The zero-order chi connectivity index (χ0) is 16.4. The Balaban J connectivity index is 1.49. The molecule has 0 radical (unpaired) electrons. The number of methoxy groups -OCH3 is 1. The van der Waals surface area contributed by atoms with Crippen molar-refractivity contribution >= 4 is 5.82 Å². The van der Waals surface area contributed by atoms with Gasteiger partial charge in [0.15, 0.2) is 0 Å². The Hall–Kier alpha value is -2.11. The molecule has 2 aliphatic rings. The van der Waals surface area contributed by atoms with Crippen LogP contribution in [0.15, 0.2) is 24.8 Å². The number of piperidine rings is 1. The van der Waals surface area contributed by atoms with Crippen molar-refractivity contribution in [1.82, 2.24) is 19.5 Å². The molecule has 1 aliphatic carbocycles. The van der Waals surface area contributed by atoms with Crippen LogP contribution in [0.5, 0.6) is 5.88 Å². The SMILES string of the molecule is COc1cc(N2CCCC(c3nccn3CC3CCC3)C2)ncn1. The van der Waals surface area contributed by atoms with Crippen LogP contribution in [-0.2, 0) is 6.54 Å².